The van der Waals surface area contributed by atoms with Crippen LogP contribution in [0.15, 0.2) is 0 Å². The lowest BCUT2D eigenvalue weighted by Crippen LogP contribution is -2.55. The Morgan fingerprint density at radius 1 is 1.47 bits per heavy atom. The van der Waals surface area contributed by atoms with Gasteiger partial charge in [-0.15, -0.1) is 0 Å². The van der Waals surface area contributed by atoms with Crippen molar-refractivity contribution in [2.24, 2.45) is 5.92 Å². The fourth-order valence-corrected chi connectivity index (χ4v) is 3.89. The average molecular weight is 235 g/mol. The lowest BCUT2D eigenvalue weighted by molar-refractivity contribution is -0.142. The number of esters is 1. The lowest BCUT2D eigenvalue weighted by Gasteiger charge is -2.30. The standard InChI is InChI=1S/C9H17NO4S/c1-6(2)8-4-10-7(9(11)14-3)5-15(8,12)13/h6-8,10H,4-5H2,1-3H3. The summed E-state index contributed by atoms with van der Waals surface area (Å²) in [5.74, 6) is -0.621. The molecule has 0 aliphatic carbocycles. The molecule has 1 saturated heterocycles. The summed E-state index contributed by atoms with van der Waals surface area (Å²) >= 11 is 0. The highest BCUT2D eigenvalue weighted by Crippen LogP contribution is 2.18. The van der Waals surface area contributed by atoms with Crippen LogP contribution in [0.4, 0.5) is 0 Å². The highest BCUT2D eigenvalue weighted by Gasteiger charge is 2.38. The molecule has 5 nitrogen and oxygen atoms in total. The number of sulfone groups is 1. The van der Waals surface area contributed by atoms with E-state index in [1.165, 1.54) is 7.11 Å². The second-order valence-corrected chi connectivity index (χ2v) is 6.36. The fourth-order valence-electron chi connectivity index (χ4n) is 1.74. The van der Waals surface area contributed by atoms with Gasteiger partial charge in [0.25, 0.3) is 0 Å². The van der Waals surface area contributed by atoms with Gasteiger partial charge in [0.05, 0.1) is 18.1 Å². The van der Waals surface area contributed by atoms with E-state index in [1.54, 1.807) is 0 Å². The topological polar surface area (TPSA) is 72.5 Å². The molecule has 6 heteroatoms. The third-order valence-electron chi connectivity index (χ3n) is 2.65. The van der Waals surface area contributed by atoms with Gasteiger partial charge in [0.15, 0.2) is 9.84 Å². The van der Waals surface area contributed by atoms with Crippen molar-refractivity contribution in [2.75, 3.05) is 19.4 Å². The first-order valence-corrected chi connectivity index (χ1v) is 6.63. The van der Waals surface area contributed by atoms with Gasteiger partial charge in [-0.05, 0) is 5.92 Å². The number of hydrogen-bond donors (Lipinski definition) is 1. The molecule has 0 aromatic heterocycles. The first kappa shape index (κ1) is 12.4. The van der Waals surface area contributed by atoms with E-state index in [0.717, 1.165) is 0 Å². The Morgan fingerprint density at radius 3 is 2.47 bits per heavy atom. The number of methoxy groups -OCH3 is 1. The molecular weight excluding hydrogens is 218 g/mol. The van der Waals surface area contributed by atoms with Gasteiger partial charge in [-0.2, -0.15) is 0 Å². The molecule has 1 aliphatic rings. The Balaban J connectivity index is 2.78. The Morgan fingerprint density at radius 2 is 2.07 bits per heavy atom. The van der Waals surface area contributed by atoms with Crippen molar-refractivity contribution < 1.29 is 17.9 Å². The van der Waals surface area contributed by atoms with E-state index < -0.39 is 27.1 Å². The number of carbonyl (C=O) groups is 1. The highest BCUT2D eigenvalue weighted by atomic mass is 32.2. The number of nitrogens with one attached hydrogen (secondary N) is 1. The second-order valence-electron chi connectivity index (χ2n) is 4.10. The van der Waals surface area contributed by atoms with Crippen molar-refractivity contribution >= 4 is 15.8 Å². The normalized spacial score (nSPS) is 30.1. The molecule has 1 N–H and O–H groups in total. The summed E-state index contributed by atoms with van der Waals surface area (Å²) in [6.45, 7) is 4.05. The van der Waals surface area contributed by atoms with Crippen LogP contribution in [0, 0.1) is 5.92 Å². The largest absolute Gasteiger partial charge is 0.468 e. The molecular formula is C9H17NO4S. The van der Waals surface area contributed by atoms with Crippen molar-refractivity contribution in [2.45, 2.75) is 25.1 Å². The second kappa shape index (κ2) is 4.49. The van der Waals surface area contributed by atoms with Crippen molar-refractivity contribution in [1.82, 2.24) is 5.32 Å². The minimum Gasteiger partial charge on any atom is -0.468 e. The maximum atomic E-state index is 11.8. The Bertz CT molecular complexity index is 336. The van der Waals surface area contributed by atoms with Crippen LogP contribution >= 0.6 is 0 Å². The van der Waals surface area contributed by atoms with E-state index in [1.807, 2.05) is 13.8 Å². The molecule has 0 aromatic carbocycles. The molecule has 1 heterocycles. The van der Waals surface area contributed by atoms with Gasteiger partial charge in [-0.1, -0.05) is 13.8 Å². The van der Waals surface area contributed by atoms with Crippen LogP contribution in [0.25, 0.3) is 0 Å². The third-order valence-corrected chi connectivity index (χ3v) is 5.09. The summed E-state index contributed by atoms with van der Waals surface area (Å²) in [7, 11) is -1.94. The van der Waals surface area contributed by atoms with E-state index in [4.69, 9.17) is 0 Å². The summed E-state index contributed by atoms with van der Waals surface area (Å²) < 4.78 is 28.1. The number of ether oxygens (including phenoxy) is 1. The van der Waals surface area contributed by atoms with E-state index in [0.29, 0.717) is 6.54 Å². The van der Waals surface area contributed by atoms with Crippen LogP contribution in [0.3, 0.4) is 0 Å². The molecule has 1 aliphatic heterocycles. The molecule has 2 unspecified atom stereocenters. The average Bonchev–Trinajstić information content (AvgIpc) is 2.14. The van der Waals surface area contributed by atoms with Crippen LogP contribution in [0.2, 0.25) is 0 Å². The van der Waals surface area contributed by atoms with E-state index in [9.17, 15) is 13.2 Å². The van der Waals surface area contributed by atoms with Crippen LogP contribution in [-0.2, 0) is 19.4 Å². The molecule has 15 heavy (non-hydrogen) atoms. The van der Waals surface area contributed by atoms with Gasteiger partial charge in [0, 0.05) is 6.54 Å². The van der Waals surface area contributed by atoms with E-state index in [2.05, 4.69) is 10.1 Å². The zero-order valence-corrected chi connectivity index (χ0v) is 10.0. The van der Waals surface area contributed by atoms with Gasteiger partial charge in [-0.3, -0.25) is 4.79 Å². The van der Waals surface area contributed by atoms with Crippen LogP contribution in [0.5, 0.6) is 0 Å². The van der Waals surface area contributed by atoms with Gasteiger partial charge in [-0.25, -0.2) is 8.42 Å². The molecule has 0 bridgehead atoms. The minimum atomic E-state index is -3.19. The summed E-state index contributed by atoms with van der Waals surface area (Å²) in [6.07, 6.45) is 0. The summed E-state index contributed by atoms with van der Waals surface area (Å²) in [4.78, 5) is 11.2. The molecule has 0 saturated carbocycles. The zero-order valence-electron chi connectivity index (χ0n) is 9.19. The molecule has 0 amide bonds. The maximum absolute atomic E-state index is 11.8. The summed E-state index contributed by atoms with van der Waals surface area (Å²) in [5.41, 5.74) is 0. The molecule has 1 rings (SSSR count). The molecule has 2 atom stereocenters. The Kier molecular flexibility index (Phi) is 3.72. The fraction of sp³-hybridized carbons (Fsp3) is 0.889. The predicted octanol–water partition coefficient (Wildman–Crippen LogP) is -0.429. The van der Waals surface area contributed by atoms with Crippen LogP contribution in [0.1, 0.15) is 13.8 Å². The van der Waals surface area contributed by atoms with Crippen molar-refractivity contribution in [1.29, 1.82) is 0 Å². The highest BCUT2D eigenvalue weighted by molar-refractivity contribution is 7.92. The van der Waals surface area contributed by atoms with Gasteiger partial charge >= 0.3 is 5.97 Å². The SMILES string of the molecule is COC(=O)C1CS(=O)(=O)C(C(C)C)CN1. The first-order chi connectivity index (χ1) is 6.88. The third kappa shape index (κ3) is 2.69. The predicted molar refractivity (Wildman–Crippen MR) is 56.2 cm³/mol. The van der Waals surface area contributed by atoms with Gasteiger partial charge in [0.2, 0.25) is 0 Å². The minimum absolute atomic E-state index is 0.0566. The molecule has 0 radical (unpaired) electrons. The molecule has 88 valence electrons. The number of rotatable bonds is 2. The smallest absolute Gasteiger partial charge is 0.323 e. The number of carbonyl (C=O) groups excluding carboxylic acids is 1. The van der Waals surface area contributed by atoms with E-state index in [-0.39, 0.29) is 11.7 Å². The molecule has 1 fully saturated rings. The van der Waals surface area contributed by atoms with Crippen molar-refractivity contribution in [3.63, 3.8) is 0 Å². The maximum Gasteiger partial charge on any atom is 0.323 e. The lowest BCUT2D eigenvalue weighted by atomic mass is 10.1. The summed E-state index contributed by atoms with van der Waals surface area (Å²) in [6, 6.07) is -0.713. The summed E-state index contributed by atoms with van der Waals surface area (Å²) in [5, 5.41) is 2.50. The number of hydrogen-bond acceptors (Lipinski definition) is 5. The quantitative estimate of drug-likeness (QED) is 0.658. The first-order valence-electron chi connectivity index (χ1n) is 4.91. The van der Waals surface area contributed by atoms with Crippen molar-refractivity contribution in [3.05, 3.63) is 0 Å². The van der Waals surface area contributed by atoms with Crippen LogP contribution < -0.4 is 5.32 Å². The molecule has 0 spiro atoms. The Labute approximate surface area is 90.1 Å². The zero-order chi connectivity index (χ0) is 11.6. The molecule has 0 aromatic rings. The van der Waals surface area contributed by atoms with Crippen molar-refractivity contribution in [3.8, 4) is 0 Å². The van der Waals surface area contributed by atoms with Crippen LogP contribution in [-0.4, -0.2) is 45.1 Å². The Hall–Kier alpha value is -0.620. The monoisotopic (exact) mass is 235 g/mol. The van der Waals surface area contributed by atoms with Gasteiger partial charge < -0.3 is 10.1 Å². The van der Waals surface area contributed by atoms with E-state index >= 15 is 0 Å². The van der Waals surface area contributed by atoms with Gasteiger partial charge in [0.1, 0.15) is 6.04 Å².